The van der Waals surface area contributed by atoms with Gasteiger partial charge in [-0.15, -0.1) is 0 Å². The molecule has 6 rings (SSSR count). The second kappa shape index (κ2) is 12.8. The molecule has 0 atom stereocenters. The van der Waals surface area contributed by atoms with E-state index in [1.807, 2.05) is 57.3 Å². The summed E-state index contributed by atoms with van der Waals surface area (Å²) >= 11 is 2.12. The van der Waals surface area contributed by atoms with Gasteiger partial charge in [0.05, 0.1) is 4.92 Å². The van der Waals surface area contributed by atoms with Crippen LogP contribution in [0.15, 0.2) is 65.7 Å². The first-order valence-electron chi connectivity index (χ1n) is 15.0. The van der Waals surface area contributed by atoms with Crippen molar-refractivity contribution in [3.63, 3.8) is 0 Å². The van der Waals surface area contributed by atoms with Crippen LogP contribution in [0, 0.1) is 10.1 Å². The van der Waals surface area contributed by atoms with Crippen LogP contribution < -0.4 is 15.2 Å². The molecule has 1 amide bonds. The van der Waals surface area contributed by atoms with E-state index in [-0.39, 0.29) is 17.3 Å². The zero-order chi connectivity index (χ0) is 32.7. The second-order valence-electron chi connectivity index (χ2n) is 12.5. The number of aromatic nitrogens is 2. The predicted octanol–water partition coefficient (Wildman–Crippen LogP) is 6.30. The first-order valence-corrected chi connectivity index (χ1v) is 18.3. The molecule has 0 N–H and O–H groups in total. The van der Waals surface area contributed by atoms with Gasteiger partial charge in [-0.2, -0.15) is 0 Å². The lowest BCUT2D eigenvalue weighted by Crippen LogP contribution is -2.63. The quantitative estimate of drug-likeness (QED) is 0.122. The van der Waals surface area contributed by atoms with E-state index in [2.05, 4.69) is 31.0 Å². The number of pyridine rings is 1. The molecule has 0 bridgehead atoms. The minimum absolute atomic E-state index is 0.0700. The van der Waals surface area contributed by atoms with Gasteiger partial charge in [0, 0.05) is 135 Å². The van der Waals surface area contributed by atoms with E-state index >= 15 is 0 Å². The molecule has 0 spiro atoms. The number of halogens is 1. The molecule has 0 aliphatic carbocycles. The molecule has 2 saturated heterocycles. The number of nitro groups is 1. The predicted molar refractivity (Wildman–Crippen MR) is 188 cm³/mol. The van der Waals surface area contributed by atoms with Gasteiger partial charge in [0.2, 0.25) is 0 Å². The minimum atomic E-state index is -0.505. The van der Waals surface area contributed by atoms with Crippen LogP contribution in [-0.4, -0.2) is 80.3 Å². The van der Waals surface area contributed by atoms with Gasteiger partial charge in [-0.3, -0.25) is 23.8 Å². The van der Waals surface area contributed by atoms with Gasteiger partial charge in [0.15, 0.2) is 0 Å². The monoisotopic (exact) mass is 758 g/mol. The van der Waals surface area contributed by atoms with Crippen LogP contribution in [0.3, 0.4) is 0 Å². The number of anilines is 1. The van der Waals surface area contributed by atoms with Crippen molar-refractivity contribution in [2.75, 3.05) is 44.2 Å². The summed E-state index contributed by atoms with van der Waals surface area (Å²) in [6.45, 7) is 10.3. The topological polar surface area (TPSA) is 115 Å². The lowest BCUT2D eigenvalue weighted by Gasteiger charge is -2.49. The van der Waals surface area contributed by atoms with Crippen molar-refractivity contribution in [2.45, 2.75) is 32.4 Å². The molecule has 2 aromatic carbocycles. The lowest BCUT2D eigenvalue weighted by atomic mass is 10.0. The number of piperazine rings is 1. The fourth-order valence-corrected chi connectivity index (χ4v) is 7.23. The Morgan fingerprint density at radius 1 is 1.04 bits per heavy atom. The average molecular weight is 759 g/mol. The Morgan fingerprint density at radius 3 is 2.46 bits per heavy atom. The van der Waals surface area contributed by atoms with E-state index < -0.39 is 10.5 Å². The molecule has 2 aromatic heterocycles. The first-order chi connectivity index (χ1) is 21.9. The van der Waals surface area contributed by atoms with Crippen LogP contribution in [-0.2, 0) is 11.8 Å². The van der Waals surface area contributed by atoms with E-state index in [1.165, 1.54) is 25.8 Å². The zero-order valence-corrected chi connectivity index (χ0v) is 29.0. The van der Waals surface area contributed by atoms with Crippen molar-refractivity contribution in [1.29, 1.82) is 0 Å². The van der Waals surface area contributed by atoms with Gasteiger partial charge in [0.25, 0.3) is 11.2 Å². The third-order valence-corrected chi connectivity index (χ3v) is 10.0. The maximum absolute atomic E-state index is 13.0. The van der Waals surface area contributed by atoms with Crippen LogP contribution in [0.5, 0.6) is 11.5 Å². The number of fused-ring (bicyclic) bond motifs is 1. The van der Waals surface area contributed by atoms with Gasteiger partial charge >= 0.3 is 6.09 Å². The normalized spacial score (nSPS) is 16.0. The Morgan fingerprint density at radius 2 is 1.78 bits per heavy atom. The lowest BCUT2D eigenvalue weighted by molar-refractivity contribution is -0.384. The largest absolute Gasteiger partial charge is 0.457 e. The summed E-state index contributed by atoms with van der Waals surface area (Å²) in [6.07, 6.45) is 3.26. The number of non-ortho nitro benzene ring substituents is 1. The van der Waals surface area contributed by atoms with E-state index in [4.69, 9.17) is 9.47 Å². The molecule has 4 aromatic rings. The number of nitrogens with zero attached hydrogens (tertiary/aromatic N) is 6. The van der Waals surface area contributed by atoms with Gasteiger partial charge in [-0.25, -0.2) is 4.79 Å². The number of benzene rings is 2. The molecule has 0 saturated carbocycles. The van der Waals surface area contributed by atoms with Crippen molar-refractivity contribution in [2.24, 2.45) is 7.05 Å². The molecule has 242 valence electrons. The van der Waals surface area contributed by atoms with Gasteiger partial charge in [-0.1, -0.05) is 6.07 Å². The second-order valence-corrected chi connectivity index (χ2v) is 14.2. The van der Waals surface area contributed by atoms with Gasteiger partial charge in [0.1, 0.15) is 22.6 Å². The fraction of sp³-hybridized carbons (Fsp3) is 0.375. The molecule has 12 nitrogen and oxygen atoms in total. The summed E-state index contributed by atoms with van der Waals surface area (Å²) < 4.78 is 15.2. The third-order valence-electron chi connectivity index (χ3n) is 8.28. The highest BCUT2D eigenvalue weighted by Gasteiger charge is 2.35. The SMILES string of the molecule is Cn1cc(-c2cc([N+](=O)[O-])ccc2Oc2cccc(N3CC(N4CCN(C(=O)OC(C)(C)C)CC4)C3)c2)c2ccn(SI)c2c1=O. The van der Waals surface area contributed by atoms with Crippen LogP contribution in [0.2, 0.25) is 0 Å². The van der Waals surface area contributed by atoms with E-state index in [9.17, 15) is 19.7 Å². The number of rotatable bonds is 7. The smallest absolute Gasteiger partial charge is 0.410 e. The standard InChI is InChI=1S/C32H35IN6O6S/c1-32(2,3)45-31(41)36-14-12-35(13-15-36)23-18-37(19-23)21-6-5-7-24(16-21)44-28-9-8-22(39(42)43)17-26(28)27-20-34(4)30(40)29-25(27)10-11-38(29)46-33/h5-11,16-17,20,23H,12-15,18-19H2,1-4H3. The molecule has 0 unspecified atom stereocenters. The number of amides is 1. The number of carbonyl (C=O) groups is 1. The Labute approximate surface area is 282 Å². The molecule has 14 heteroatoms. The fourth-order valence-electron chi connectivity index (χ4n) is 5.90. The third kappa shape index (κ3) is 6.55. The number of ether oxygens (including phenoxy) is 2. The molecule has 2 fully saturated rings. The Balaban J connectivity index is 1.18. The zero-order valence-electron chi connectivity index (χ0n) is 26.0. The molecule has 2 aliphatic rings. The van der Waals surface area contributed by atoms with E-state index in [0.29, 0.717) is 52.7 Å². The summed E-state index contributed by atoms with van der Waals surface area (Å²) in [5.74, 6) is 1.05. The van der Waals surface area contributed by atoms with E-state index in [0.717, 1.165) is 31.9 Å². The van der Waals surface area contributed by atoms with Crippen LogP contribution >= 0.6 is 30.3 Å². The summed E-state index contributed by atoms with van der Waals surface area (Å²) in [7, 11) is 3.05. The highest BCUT2D eigenvalue weighted by Crippen LogP contribution is 2.40. The summed E-state index contributed by atoms with van der Waals surface area (Å²) in [4.78, 5) is 43.3. The van der Waals surface area contributed by atoms with Crippen LogP contribution in [0.4, 0.5) is 16.2 Å². The van der Waals surface area contributed by atoms with Crippen molar-refractivity contribution >= 4 is 58.7 Å². The number of hydrogen-bond donors (Lipinski definition) is 0. The Hall–Kier alpha value is -3.76. The van der Waals surface area contributed by atoms with Crippen molar-refractivity contribution in [1.82, 2.24) is 18.3 Å². The van der Waals surface area contributed by atoms with Gasteiger partial charge < -0.3 is 23.8 Å². The molecule has 4 heterocycles. The Bertz CT molecular complexity index is 1860. The number of carbonyl (C=O) groups excluding carboxylic acids is 1. The summed E-state index contributed by atoms with van der Waals surface area (Å²) in [5.41, 5.74) is 1.96. The first kappa shape index (κ1) is 32.2. The van der Waals surface area contributed by atoms with Crippen molar-refractivity contribution in [3.05, 3.63) is 81.4 Å². The summed E-state index contributed by atoms with van der Waals surface area (Å²) in [5, 5.41) is 12.4. The summed E-state index contributed by atoms with van der Waals surface area (Å²) in [6, 6.07) is 14.6. The van der Waals surface area contributed by atoms with Crippen LogP contribution in [0.25, 0.3) is 22.0 Å². The van der Waals surface area contributed by atoms with Crippen molar-refractivity contribution < 1.29 is 19.2 Å². The Kier molecular flexibility index (Phi) is 8.95. The number of hydrogen-bond acceptors (Lipinski definition) is 9. The molecular formula is C32H35IN6O6S. The highest BCUT2D eigenvalue weighted by molar-refractivity contribution is 14.2. The number of nitro benzene ring substituents is 1. The van der Waals surface area contributed by atoms with Crippen molar-refractivity contribution in [3.8, 4) is 22.6 Å². The van der Waals surface area contributed by atoms with Gasteiger partial charge in [-0.05, 0) is 45.0 Å². The maximum atomic E-state index is 13.0. The highest BCUT2D eigenvalue weighted by atomic mass is 127. The van der Waals surface area contributed by atoms with Crippen LogP contribution in [0.1, 0.15) is 20.8 Å². The molecular weight excluding hydrogens is 723 g/mol. The average Bonchev–Trinajstić information content (AvgIpc) is 3.43. The molecule has 0 radical (unpaired) electrons. The van der Waals surface area contributed by atoms with E-state index in [1.54, 1.807) is 28.2 Å². The maximum Gasteiger partial charge on any atom is 0.410 e. The molecule has 2 aliphatic heterocycles. The number of aryl methyl sites for hydroxylation is 1. The minimum Gasteiger partial charge on any atom is -0.457 e. The molecule has 46 heavy (non-hydrogen) atoms.